The number of hydrogen-bond donors (Lipinski definition) is 2. The average Bonchev–Trinajstić information content (AvgIpc) is 3.07. The van der Waals surface area contributed by atoms with Crippen LogP contribution >= 0.6 is 11.8 Å². The standard InChI is InChI=1S/C20H22N6O2S/c1-13(2)19(28)23-16-6-4-5-15(11-16)22-17(27)12-29-20-25-24-18(26(20)3)14-7-9-21-10-8-14/h4-11,13H,12H2,1-3H3,(H,22,27)(H,23,28). The molecule has 0 aliphatic rings. The molecule has 29 heavy (non-hydrogen) atoms. The maximum absolute atomic E-state index is 12.3. The molecule has 3 aromatic rings. The Morgan fingerprint density at radius 3 is 2.45 bits per heavy atom. The molecule has 0 saturated carbocycles. The van der Waals surface area contributed by atoms with Gasteiger partial charge in [-0.2, -0.15) is 0 Å². The first-order chi connectivity index (χ1) is 13.9. The van der Waals surface area contributed by atoms with Gasteiger partial charge in [-0.05, 0) is 30.3 Å². The van der Waals surface area contributed by atoms with E-state index in [9.17, 15) is 9.59 Å². The number of carbonyl (C=O) groups excluding carboxylic acids is 2. The zero-order valence-electron chi connectivity index (χ0n) is 16.4. The molecule has 3 rings (SSSR count). The lowest BCUT2D eigenvalue weighted by Gasteiger charge is -2.10. The van der Waals surface area contributed by atoms with E-state index >= 15 is 0 Å². The molecule has 9 heteroatoms. The van der Waals surface area contributed by atoms with Gasteiger partial charge in [0.25, 0.3) is 0 Å². The third-order valence-corrected chi connectivity index (χ3v) is 5.06. The Hall–Kier alpha value is -3.20. The van der Waals surface area contributed by atoms with Crippen LogP contribution in [0.2, 0.25) is 0 Å². The number of nitrogens with one attached hydrogen (secondary N) is 2. The molecule has 0 aliphatic heterocycles. The molecule has 2 amide bonds. The monoisotopic (exact) mass is 410 g/mol. The molecule has 0 aliphatic carbocycles. The Labute approximate surface area is 173 Å². The van der Waals surface area contributed by atoms with E-state index in [1.807, 2.05) is 37.6 Å². The van der Waals surface area contributed by atoms with E-state index in [4.69, 9.17) is 0 Å². The normalized spacial score (nSPS) is 10.8. The van der Waals surface area contributed by atoms with Gasteiger partial charge in [0.15, 0.2) is 11.0 Å². The van der Waals surface area contributed by atoms with Gasteiger partial charge >= 0.3 is 0 Å². The highest BCUT2D eigenvalue weighted by Crippen LogP contribution is 2.22. The fourth-order valence-electron chi connectivity index (χ4n) is 2.48. The van der Waals surface area contributed by atoms with Crippen LogP contribution in [0.4, 0.5) is 11.4 Å². The lowest BCUT2D eigenvalue weighted by molar-refractivity contribution is -0.119. The molecule has 2 N–H and O–H groups in total. The molecule has 8 nitrogen and oxygen atoms in total. The summed E-state index contributed by atoms with van der Waals surface area (Å²) in [6, 6.07) is 10.8. The van der Waals surface area contributed by atoms with Crippen molar-refractivity contribution in [3.8, 4) is 11.4 Å². The highest BCUT2D eigenvalue weighted by atomic mass is 32.2. The van der Waals surface area contributed by atoms with Gasteiger partial charge in [0.1, 0.15) is 0 Å². The van der Waals surface area contributed by atoms with Gasteiger partial charge in [-0.15, -0.1) is 10.2 Å². The Kier molecular flexibility index (Phi) is 6.61. The lowest BCUT2D eigenvalue weighted by Crippen LogP contribution is -2.18. The maximum atomic E-state index is 12.3. The van der Waals surface area contributed by atoms with Crippen molar-refractivity contribution < 1.29 is 9.59 Å². The van der Waals surface area contributed by atoms with Crippen molar-refractivity contribution in [3.63, 3.8) is 0 Å². The van der Waals surface area contributed by atoms with Crippen LogP contribution < -0.4 is 10.6 Å². The fourth-order valence-corrected chi connectivity index (χ4v) is 3.19. The van der Waals surface area contributed by atoms with Crippen molar-refractivity contribution in [3.05, 3.63) is 48.8 Å². The highest BCUT2D eigenvalue weighted by molar-refractivity contribution is 7.99. The Morgan fingerprint density at radius 2 is 1.76 bits per heavy atom. The summed E-state index contributed by atoms with van der Waals surface area (Å²) in [5.74, 6) is 0.536. The molecular weight excluding hydrogens is 388 g/mol. The van der Waals surface area contributed by atoms with E-state index in [0.29, 0.717) is 22.4 Å². The smallest absolute Gasteiger partial charge is 0.234 e. The number of nitrogens with zero attached hydrogens (tertiary/aromatic N) is 4. The van der Waals surface area contributed by atoms with Gasteiger partial charge in [0, 0.05) is 42.3 Å². The summed E-state index contributed by atoms with van der Waals surface area (Å²) in [4.78, 5) is 28.2. The lowest BCUT2D eigenvalue weighted by atomic mass is 10.2. The van der Waals surface area contributed by atoms with Crippen LogP contribution in [0, 0.1) is 5.92 Å². The van der Waals surface area contributed by atoms with Crippen molar-refractivity contribution in [2.75, 3.05) is 16.4 Å². The largest absolute Gasteiger partial charge is 0.326 e. The van der Waals surface area contributed by atoms with E-state index in [1.165, 1.54) is 11.8 Å². The number of benzene rings is 1. The van der Waals surface area contributed by atoms with Crippen LogP contribution in [0.15, 0.2) is 53.9 Å². The van der Waals surface area contributed by atoms with Gasteiger partial charge in [-0.3, -0.25) is 14.6 Å². The Balaban J connectivity index is 1.58. The van der Waals surface area contributed by atoms with Crippen molar-refractivity contribution in [2.24, 2.45) is 13.0 Å². The number of thioether (sulfide) groups is 1. The average molecular weight is 411 g/mol. The van der Waals surface area contributed by atoms with Crippen molar-refractivity contribution in [2.45, 2.75) is 19.0 Å². The minimum Gasteiger partial charge on any atom is -0.326 e. The summed E-state index contributed by atoms with van der Waals surface area (Å²) in [6.07, 6.45) is 3.39. The molecule has 0 unspecified atom stereocenters. The molecule has 1 aromatic carbocycles. The highest BCUT2D eigenvalue weighted by Gasteiger charge is 2.13. The van der Waals surface area contributed by atoms with Crippen LogP contribution in [0.3, 0.4) is 0 Å². The summed E-state index contributed by atoms with van der Waals surface area (Å²) in [5, 5.41) is 14.7. The first-order valence-corrected chi connectivity index (χ1v) is 10.1. The summed E-state index contributed by atoms with van der Waals surface area (Å²) in [6.45, 7) is 3.65. The number of aromatic nitrogens is 4. The molecule has 150 valence electrons. The molecule has 0 fully saturated rings. The summed E-state index contributed by atoms with van der Waals surface area (Å²) in [5.41, 5.74) is 2.17. The molecule has 2 aromatic heterocycles. The van der Waals surface area contributed by atoms with Gasteiger partial charge in [0.2, 0.25) is 11.8 Å². The van der Waals surface area contributed by atoms with E-state index in [1.54, 1.807) is 36.7 Å². The maximum Gasteiger partial charge on any atom is 0.234 e. The predicted molar refractivity (Wildman–Crippen MR) is 113 cm³/mol. The van der Waals surface area contributed by atoms with E-state index in [0.717, 1.165) is 5.56 Å². The van der Waals surface area contributed by atoms with E-state index in [2.05, 4.69) is 25.8 Å². The van der Waals surface area contributed by atoms with E-state index in [-0.39, 0.29) is 23.5 Å². The molecule has 0 spiro atoms. The van der Waals surface area contributed by atoms with Crippen LogP contribution in [-0.4, -0.2) is 37.3 Å². The Bertz CT molecular complexity index is 1000. The zero-order valence-corrected chi connectivity index (χ0v) is 17.2. The third-order valence-electron chi connectivity index (χ3n) is 4.04. The SMILES string of the molecule is CC(C)C(=O)Nc1cccc(NC(=O)CSc2nnc(-c3ccncc3)n2C)c1. The summed E-state index contributed by atoms with van der Waals surface area (Å²) in [7, 11) is 1.86. The van der Waals surface area contributed by atoms with Gasteiger partial charge in [-0.1, -0.05) is 31.7 Å². The number of amides is 2. The molecule has 2 heterocycles. The Morgan fingerprint density at radius 1 is 1.07 bits per heavy atom. The van der Waals surface area contributed by atoms with Crippen LogP contribution in [-0.2, 0) is 16.6 Å². The van der Waals surface area contributed by atoms with Crippen molar-refractivity contribution in [1.82, 2.24) is 19.7 Å². The molecular formula is C20H22N6O2S. The molecule has 0 bridgehead atoms. The van der Waals surface area contributed by atoms with Gasteiger partial charge < -0.3 is 15.2 Å². The second kappa shape index (κ2) is 9.33. The zero-order chi connectivity index (χ0) is 20.8. The first kappa shape index (κ1) is 20.5. The number of hydrogen-bond acceptors (Lipinski definition) is 6. The number of anilines is 2. The van der Waals surface area contributed by atoms with Crippen LogP contribution in [0.25, 0.3) is 11.4 Å². The van der Waals surface area contributed by atoms with E-state index < -0.39 is 0 Å². The van der Waals surface area contributed by atoms with Gasteiger partial charge in [-0.25, -0.2) is 0 Å². The molecule has 0 radical (unpaired) electrons. The summed E-state index contributed by atoms with van der Waals surface area (Å²) >= 11 is 1.30. The quantitative estimate of drug-likeness (QED) is 0.580. The summed E-state index contributed by atoms with van der Waals surface area (Å²) < 4.78 is 1.84. The number of carbonyl (C=O) groups is 2. The predicted octanol–water partition coefficient (Wildman–Crippen LogP) is 3.20. The van der Waals surface area contributed by atoms with Crippen molar-refractivity contribution in [1.29, 1.82) is 0 Å². The molecule has 0 atom stereocenters. The number of rotatable bonds is 7. The molecule has 0 saturated heterocycles. The fraction of sp³-hybridized carbons (Fsp3) is 0.250. The van der Waals surface area contributed by atoms with Crippen LogP contribution in [0.1, 0.15) is 13.8 Å². The minimum atomic E-state index is -0.171. The third kappa shape index (κ3) is 5.41. The van der Waals surface area contributed by atoms with Crippen LogP contribution in [0.5, 0.6) is 0 Å². The topological polar surface area (TPSA) is 102 Å². The second-order valence-electron chi connectivity index (χ2n) is 6.66. The first-order valence-electron chi connectivity index (χ1n) is 9.07. The van der Waals surface area contributed by atoms with Crippen molar-refractivity contribution >= 4 is 35.0 Å². The minimum absolute atomic E-state index is 0.0729. The van der Waals surface area contributed by atoms with Gasteiger partial charge in [0.05, 0.1) is 5.75 Å². The number of pyridine rings is 1. The second-order valence-corrected chi connectivity index (χ2v) is 7.61.